The molecule has 2 aromatic carbocycles. The normalized spacial score (nSPS) is 15.1. The summed E-state index contributed by atoms with van der Waals surface area (Å²) in [6.45, 7) is 3.13. The van der Waals surface area contributed by atoms with Gasteiger partial charge in [-0.05, 0) is 37.3 Å². The van der Waals surface area contributed by atoms with E-state index in [-0.39, 0.29) is 12.7 Å². The van der Waals surface area contributed by atoms with Gasteiger partial charge < -0.3 is 23.7 Å². The molecule has 2 aliphatic rings. The van der Waals surface area contributed by atoms with Crippen molar-refractivity contribution < 1.29 is 28.5 Å². The van der Waals surface area contributed by atoms with Crippen molar-refractivity contribution in [1.82, 2.24) is 4.98 Å². The predicted molar refractivity (Wildman–Crippen MR) is 114 cm³/mol. The van der Waals surface area contributed by atoms with Gasteiger partial charge in [-0.3, -0.25) is 10.1 Å². The number of anilines is 1. The lowest BCUT2D eigenvalue weighted by Crippen LogP contribution is -2.30. The molecule has 160 valence electrons. The molecule has 5 rings (SSSR count). The van der Waals surface area contributed by atoms with Crippen LogP contribution in [0.3, 0.4) is 0 Å². The number of ether oxygens (including phenoxy) is 5. The number of benzene rings is 2. The molecule has 0 saturated heterocycles. The van der Waals surface area contributed by atoms with E-state index in [1.54, 1.807) is 25.1 Å². The quantitative estimate of drug-likeness (QED) is 0.639. The molecule has 1 aromatic heterocycles. The van der Waals surface area contributed by atoms with E-state index in [1.807, 2.05) is 23.6 Å². The molecule has 1 N–H and O–H groups in total. The summed E-state index contributed by atoms with van der Waals surface area (Å²) in [5, 5.41) is 5.19. The largest absolute Gasteiger partial charge is 0.490 e. The third-order valence-corrected chi connectivity index (χ3v) is 5.56. The van der Waals surface area contributed by atoms with Crippen molar-refractivity contribution in [1.29, 1.82) is 0 Å². The second-order valence-electron chi connectivity index (χ2n) is 7.01. The molecule has 0 saturated carbocycles. The number of nitrogens with zero attached hydrogens (tertiary/aromatic N) is 1. The summed E-state index contributed by atoms with van der Waals surface area (Å²) in [7, 11) is 0. The maximum Gasteiger partial charge on any atom is 0.266 e. The third-order valence-electron chi connectivity index (χ3n) is 4.80. The molecule has 1 unspecified atom stereocenters. The monoisotopic (exact) mass is 440 g/mol. The number of fused-ring (bicyclic) bond motifs is 2. The van der Waals surface area contributed by atoms with E-state index in [0.29, 0.717) is 41.3 Å². The molecular weight excluding hydrogens is 420 g/mol. The van der Waals surface area contributed by atoms with E-state index < -0.39 is 6.10 Å². The number of carbonyl (C=O) groups is 1. The molecule has 1 atom stereocenters. The van der Waals surface area contributed by atoms with Crippen molar-refractivity contribution in [2.45, 2.75) is 19.4 Å². The summed E-state index contributed by atoms with van der Waals surface area (Å²) in [4.78, 5) is 17.1. The van der Waals surface area contributed by atoms with Crippen LogP contribution in [-0.2, 0) is 4.79 Å². The zero-order valence-electron chi connectivity index (χ0n) is 16.8. The number of aromatic nitrogens is 1. The van der Waals surface area contributed by atoms with Crippen molar-refractivity contribution in [2.75, 3.05) is 25.3 Å². The maximum atomic E-state index is 12.6. The van der Waals surface area contributed by atoms with Gasteiger partial charge in [0.05, 0.1) is 18.9 Å². The maximum absolute atomic E-state index is 12.6. The number of hydrogen-bond donors (Lipinski definition) is 1. The summed E-state index contributed by atoms with van der Waals surface area (Å²) in [5.41, 5.74) is 1.64. The summed E-state index contributed by atoms with van der Waals surface area (Å²) in [6, 6.07) is 10.9. The van der Waals surface area contributed by atoms with Gasteiger partial charge in [0, 0.05) is 23.4 Å². The number of hydrogen-bond acceptors (Lipinski definition) is 8. The van der Waals surface area contributed by atoms with Crippen LogP contribution in [-0.4, -0.2) is 37.0 Å². The average molecular weight is 440 g/mol. The Morgan fingerprint density at radius 1 is 1.03 bits per heavy atom. The first-order chi connectivity index (χ1) is 15.2. The molecule has 9 heteroatoms. The second kappa shape index (κ2) is 8.35. The Balaban J connectivity index is 1.24. The van der Waals surface area contributed by atoms with Crippen molar-refractivity contribution in [2.24, 2.45) is 0 Å². The fourth-order valence-electron chi connectivity index (χ4n) is 3.20. The molecule has 0 fully saturated rings. The molecule has 0 spiro atoms. The molecule has 0 aliphatic carbocycles. The Morgan fingerprint density at radius 3 is 2.68 bits per heavy atom. The van der Waals surface area contributed by atoms with Crippen LogP contribution in [0.5, 0.6) is 28.7 Å². The molecule has 0 bridgehead atoms. The first-order valence-electron chi connectivity index (χ1n) is 9.88. The third kappa shape index (κ3) is 4.22. The Bertz CT molecular complexity index is 1120. The molecule has 1 amide bonds. The first kappa shape index (κ1) is 19.5. The van der Waals surface area contributed by atoms with Gasteiger partial charge in [-0.1, -0.05) is 0 Å². The Labute approximate surface area is 182 Å². The number of thiazole rings is 1. The van der Waals surface area contributed by atoms with Gasteiger partial charge in [-0.2, -0.15) is 0 Å². The molecule has 2 aliphatic heterocycles. The summed E-state index contributed by atoms with van der Waals surface area (Å²) >= 11 is 1.35. The van der Waals surface area contributed by atoms with Gasteiger partial charge in [-0.15, -0.1) is 11.3 Å². The van der Waals surface area contributed by atoms with Crippen LogP contribution >= 0.6 is 11.3 Å². The van der Waals surface area contributed by atoms with Crippen LogP contribution in [0, 0.1) is 0 Å². The van der Waals surface area contributed by atoms with Gasteiger partial charge in [0.15, 0.2) is 34.2 Å². The van der Waals surface area contributed by atoms with Crippen molar-refractivity contribution in [3.63, 3.8) is 0 Å². The van der Waals surface area contributed by atoms with Crippen LogP contribution in [0.2, 0.25) is 0 Å². The molecule has 0 radical (unpaired) electrons. The lowest BCUT2D eigenvalue weighted by Gasteiger charge is -2.14. The fraction of sp³-hybridized carbons (Fsp3) is 0.273. The van der Waals surface area contributed by atoms with Crippen molar-refractivity contribution in [3.05, 3.63) is 41.8 Å². The first-order valence-corrected chi connectivity index (χ1v) is 10.8. The van der Waals surface area contributed by atoms with Crippen LogP contribution in [0.25, 0.3) is 11.3 Å². The van der Waals surface area contributed by atoms with Gasteiger partial charge in [0.2, 0.25) is 6.79 Å². The zero-order chi connectivity index (χ0) is 21.2. The van der Waals surface area contributed by atoms with E-state index in [9.17, 15) is 4.79 Å². The number of rotatable bonds is 5. The molecule has 3 heterocycles. The van der Waals surface area contributed by atoms with Crippen molar-refractivity contribution in [3.8, 4) is 40.0 Å². The second-order valence-corrected chi connectivity index (χ2v) is 7.87. The Hall–Kier alpha value is -3.46. The van der Waals surface area contributed by atoms with E-state index in [1.165, 1.54) is 11.3 Å². The standard InChI is InChI=1S/C22H20N2O6S/c1-13(30-15-4-6-18-20(10-15)29-12-28-18)21(25)24-22-23-16(11-31-22)14-3-5-17-19(9-14)27-8-2-7-26-17/h3-6,9-11,13H,2,7-8,12H2,1H3,(H,23,24,25). The highest BCUT2D eigenvalue weighted by Gasteiger charge is 2.20. The molecule has 8 nitrogen and oxygen atoms in total. The molecule has 31 heavy (non-hydrogen) atoms. The Kier molecular flexibility index (Phi) is 5.25. The minimum absolute atomic E-state index is 0.185. The Morgan fingerprint density at radius 2 is 1.77 bits per heavy atom. The number of carbonyl (C=O) groups excluding carboxylic acids is 1. The van der Waals surface area contributed by atoms with E-state index in [2.05, 4.69) is 10.3 Å². The SMILES string of the molecule is CC(Oc1ccc2c(c1)OCO2)C(=O)Nc1nc(-c2ccc3c(c2)OCCCO3)cs1. The fourth-order valence-corrected chi connectivity index (χ4v) is 3.92. The van der Waals surface area contributed by atoms with Gasteiger partial charge in [0.25, 0.3) is 5.91 Å². The van der Waals surface area contributed by atoms with E-state index in [4.69, 9.17) is 23.7 Å². The van der Waals surface area contributed by atoms with Crippen molar-refractivity contribution >= 4 is 22.4 Å². The highest BCUT2D eigenvalue weighted by atomic mass is 32.1. The summed E-state index contributed by atoms with van der Waals surface area (Å²) in [6.07, 6.45) is 0.134. The molecular formula is C22H20N2O6S. The summed E-state index contributed by atoms with van der Waals surface area (Å²) < 4.78 is 27.8. The number of amides is 1. The average Bonchev–Trinajstić information content (AvgIpc) is 3.37. The topological polar surface area (TPSA) is 88.1 Å². The highest BCUT2D eigenvalue weighted by Crippen LogP contribution is 2.36. The molecule has 3 aromatic rings. The highest BCUT2D eigenvalue weighted by molar-refractivity contribution is 7.14. The minimum atomic E-state index is -0.717. The lowest BCUT2D eigenvalue weighted by molar-refractivity contribution is -0.122. The zero-order valence-corrected chi connectivity index (χ0v) is 17.6. The van der Waals surface area contributed by atoms with E-state index >= 15 is 0 Å². The number of nitrogens with one attached hydrogen (secondary N) is 1. The lowest BCUT2D eigenvalue weighted by atomic mass is 10.1. The van der Waals surface area contributed by atoms with Crippen LogP contribution in [0.4, 0.5) is 5.13 Å². The smallest absolute Gasteiger partial charge is 0.266 e. The predicted octanol–water partition coefficient (Wildman–Crippen LogP) is 4.11. The van der Waals surface area contributed by atoms with Gasteiger partial charge in [0.1, 0.15) is 5.75 Å². The van der Waals surface area contributed by atoms with E-state index in [0.717, 1.165) is 23.4 Å². The van der Waals surface area contributed by atoms with Crippen LogP contribution in [0.15, 0.2) is 41.8 Å². The minimum Gasteiger partial charge on any atom is -0.490 e. The van der Waals surface area contributed by atoms with Gasteiger partial charge >= 0.3 is 0 Å². The van der Waals surface area contributed by atoms with Crippen LogP contribution in [0.1, 0.15) is 13.3 Å². The summed E-state index contributed by atoms with van der Waals surface area (Å²) in [5.74, 6) is 2.94. The van der Waals surface area contributed by atoms with Gasteiger partial charge in [-0.25, -0.2) is 4.98 Å². The van der Waals surface area contributed by atoms with Crippen LogP contribution < -0.4 is 29.0 Å².